The number of carbonyl (C=O) groups excluding carboxylic acids is 1. The van der Waals surface area contributed by atoms with Gasteiger partial charge in [0.05, 0.1) is 17.1 Å². The second-order valence-corrected chi connectivity index (χ2v) is 6.71. The quantitative estimate of drug-likeness (QED) is 0.576. The van der Waals surface area contributed by atoms with E-state index in [-0.39, 0.29) is 17.6 Å². The molecule has 0 unspecified atom stereocenters. The first-order valence-corrected chi connectivity index (χ1v) is 8.35. The van der Waals surface area contributed by atoms with Crippen LogP contribution in [-0.4, -0.2) is 37.3 Å². The van der Waals surface area contributed by atoms with Crippen LogP contribution in [0.4, 0.5) is 0 Å². The van der Waals surface area contributed by atoms with Crippen LogP contribution in [0.5, 0.6) is 0 Å². The van der Waals surface area contributed by atoms with Crippen molar-refractivity contribution in [2.24, 2.45) is 0 Å². The summed E-state index contributed by atoms with van der Waals surface area (Å²) in [6.07, 6.45) is 6.00. The first-order valence-electron chi connectivity index (χ1n) is 7.47. The minimum Gasteiger partial charge on any atom is -0.477 e. The molecule has 2 aliphatic rings. The van der Waals surface area contributed by atoms with Gasteiger partial charge in [0.25, 0.3) is 5.91 Å². The number of carboxylic acids is 1. The van der Waals surface area contributed by atoms with Gasteiger partial charge in [-0.1, -0.05) is 12.1 Å². The summed E-state index contributed by atoms with van der Waals surface area (Å²) in [4.78, 5) is 30.3. The van der Waals surface area contributed by atoms with Gasteiger partial charge in [0, 0.05) is 17.2 Å². The maximum atomic E-state index is 12.3. The highest BCUT2D eigenvalue weighted by atomic mass is 32.1. The third-order valence-corrected chi connectivity index (χ3v) is 5.29. The van der Waals surface area contributed by atoms with Gasteiger partial charge in [-0.15, -0.1) is 11.3 Å². The number of thiazole rings is 1. The summed E-state index contributed by atoms with van der Waals surface area (Å²) < 4.78 is 2.02. The predicted molar refractivity (Wildman–Crippen MR) is 89.5 cm³/mol. The molecule has 0 radical (unpaired) electrons. The fourth-order valence-electron chi connectivity index (χ4n) is 3.41. The number of rotatable bonds is 2. The molecule has 118 valence electrons. The molecule has 7 heteroatoms. The number of hydrogen-bond donors (Lipinski definition) is 1. The lowest BCUT2D eigenvalue weighted by molar-refractivity contribution is -0.142. The van der Waals surface area contributed by atoms with Crippen LogP contribution in [0.15, 0.2) is 47.1 Å². The molecule has 1 N–H and O–H groups in total. The Morgan fingerprint density at radius 2 is 2.29 bits per heavy atom. The van der Waals surface area contributed by atoms with E-state index in [9.17, 15) is 9.59 Å². The summed E-state index contributed by atoms with van der Waals surface area (Å²) in [6, 6.07) is 5.73. The predicted octanol–water partition coefficient (Wildman–Crippen LogP) is 2.52. The zero-order valence-corrected chi connectivity index (χ0v) is 13.2. The number of amides is 1. The van der Waals surface area contributed by atoms with E-state index in [1.807, 2.05) is 40.3 Å². The molecule has 0 saturated carbocycles. The van der Waals surface area contributed by atoms with Crippen molar-refractivity contribution in [2.45, 2.75) is 12.5 Å². The summed E-state index contributed by atoms with van der Waals surface area (Å²) in [5, 5.41) is 11.1. The Labute approximate surface area is 139 Å². The van der Waals surface area contributed by atoms with Crippen LogP contribution < -0.4 is 0 Å². The smallest absolute Gasteiger partial charge is 0.352 e. The van der Waals surface area contributed by atoms with Crippen molar-refractivity contribution in [2.75, 3.05) is 0 Å². The topological polar surface area (TPSA) is 74.9 Å². The van der Waals surface area contributed by atoms with E-state index in [2.05, 4.69) is 4.98 Å². The summed E-state index contributed by atoms with van der Waals surface area (Å²) in [5.41, 5.74) is 3.59. The van der Waals surface area contributed by atoms with E-state index in [4.69, 9.17) is 5.11 Å². The Morgan fingerprint density at radius 1 is 1.42 bits per heavy atom. The minimum absolute atomic E-state index is 0.0911. The van der Waals surface area contributed by atoms with Gasteiger partial charge in [-0.05, 0) is 30.2 Å². The number of β-lactam (4-membered cyclic amide) rings is 1. The van der Waals surface area contributed by atoms with E-state index in [0.29, 0.717) is 12.0 Å². The van der Waals surface area contributed by atoms with Crippen LogP contribution in [0.1, 0.15) is 12.0 Å². The van der Waals surface area contributed by atoms with E-state index in [1.165, 1.54) is 4.90 Å². The number of nitrogens with zero attached hydrogens (tertiary/aromatic N) is 3. The van der Waals surface area contributed by atoms with Crippen LogP contribution in [0.25, 0.3) is 22.1 Å². The first kappa shape index (κ1) is 13.5. The molecular formula is C17H11N3O3S. The van der Waals surface area contributed by atoms with Gasteiger partial charge in [-0.25, -0.2) is 9.78 Å². The van der Waals surface area contributed by atoms with Crippen molar-refractivity contribution in [1.82, 2.24) is 14.3 Å². The number of imidazole rings is 1. The Hall–Kier alpha value is -2.93. The maximum absolute atomic E-state index is 12.3. The number of fused-ring (bicyclic) bond motifs is 4. The van der Waals surface area contributed by atoms with Gasteiger partial charge in [-0.2, -0.15) is 0 Å². The summed E-state index contributed by atoms with van der Waals surface area (Å²) >= 11 is 1.58. The van der Waals surface area contributed by atoms with E-state index in [0.717, 1.165) is 21.6 Å². The number of hydrogen-bond acceptors (Lipinski definition) is 4. The van der Waals surface area contributed by atoms with E-state index < -0.39 is 5.97 Å². The van der Waals surface area contributed by atoms with Gasteiger partial charge in [0.1, 0.15) is 5.70 Å². The average molecular weight is 337 g/mol. The van der Waals surface area contributed by atoms with E-state index in [1.54, 1.807) is 17.4 Å². The highest BCUT2D eigenvalue weighted by Gasteiger charge is 2.48. The molecule has 0 spiro atoms. The Kier molecular flexibility index (Phi) is 2.56. The Balaban J connectivity index is 1.54. The molecule has 6 nitrogen and oxygen atoms in total. The van der Waals surface area contributed by atoms with E-state index >= 15 is 0 Å². The monoisotopic (exact) mass is 337 g/mol. The molecule has 4 heterocycles. The van der Waals surface area contributed by atoms with Gasteiger partial charge in [0.15, 0.2) is 4.96 Å². The average Bonchev–Trinajstić information content (AvgIpc) is 3.24. The molecule has 1 saturated heterocycles. The van der Waals surface area contributed by atoms with Gasteiger partial charge in [-0.3, -0.25) is 14.1 Å². The molecule has 1 atom stereocenters. The highest BCUT2D eigenvalue weighted by Crippen LogP contribution is 2.39. The summed E-state index contributed by atoms with van der Waals surface area (Å²) in [6.45, 7) is 0. The highest BCUT2D eigenvalue weighted by molar-refractivity contribution is 7.15. The van der Waals surface area contributed by atoms with Crippen LogP contribution in [-0.2, 0) is 9.59 Å². The molecule has 1 fully saturated rings. The SMILES string of the molecule is O=C(O)C1=CC[C@@H]2C(=Cc3ccc4nc5sccn5c4c3)C(=O)N12. The van der Waals surface area contributed by atoms with Crippen LogP contribution in [0.3, 0.4) is 0 Å². The lowest BCUT2D eigenvalue weighted by Gasteiger charge is -2.38. The summed E-state index contributed by atoms with van der Waals surface area (Å²) in [5.74, 6) is -1.27. The molecule has 1 aromatic carbocycles. The van der Waals surface area contributed by atoms with Crippen LogP contribution >= 0.6 is 11.3 Å². The molecule has 1 amide bonds. The third kappa shape index (κ3) is 1.67. The zero-order valence-electron chi connectivity index (χ0n) is 12.3. The van der Waals surface area contributed by atoms with Gasteiger partial charge >= 0.3 is 5.97 Å². The molecular weight excluding hydrogens is 326 g/mol. The summed E-state index contributed by atoms with van der Waals surface area (Å²) in [7, 11) is 0. The lowest BCUT2D eigenvalue weighted by atomic mass is 9.92. The van der Waals surface area contributed by atoms with Crippen LogP contribution in [0, 0.1) is 0 Å². The molecule has 0 aliphatic carbocycles. The number of aliphatic carboxylic acids is 1. The second-order valence-electron chi connectivity index (χ2n) is 5.84. The largest absolute Gasteiger partial charge is 0.477 e. The first-order chi connectivity index (χ1) is 11.6. The van der Waals surface area contributed by atoms with Crippen molar-refractivity contribution in [3.05, 3.63) is 52.7 Å². The number of carboxylic acid groups (broad SMARTS) is 1. The third-order valence-electron chi connectivity index (χ3n) is 4.54. The molecule has 0 bridgehead atoms. The molecule has 2 aromatic heterocycles. The zero-order chi connectivity index (χ0) is 16.4. The molecule has 24 heavy (non-hydrogen) atoms. The van der Waals surface area contributed by atoms with Crippen molar-refractivity contribution >= 4 is 45.3 Å². The number of aromatic nitrogens is 2. The van der Waals surface area contributed by atoms with Crippen molar-refractivity contribution < 1.29 is 14.7 Å². The minimum atomic E-state index is -1.05. The molecule has 2 aliphatic heterocycles. The van der Waals surface area contributed by atoms with Crippen molar-refractivity contribution in [3.63, 3.8) is 0 Å². The van der Waals surface area contributed by atoms with Crippen molar-refractivity contribution in [1.29, 1.82) is 0 Å². The Bertz CT molecular complexity index is 1100. The molecule has 5 rings (SSSR count). The van der Waals surface area contributed by atoms with Gasteiger partial charge < -0.3 is 5.11 Å². The van der Waals surface area contributed by atoms with Crippen LogP contribution in [0.2, 0.25) is 0 Å². The second kappa shape index (κ2) is 4.55. The van der Waals surface area contributed by atoms with Crippen molar-refractivity contribution in [3.8, 4) is 0 Å². The fraction of sp³-hybridized carbons (Fsp3) is 0.118. The Morgan fingerprint density at radius 3 is 3.12 bits per heavy atom. The number of benzene rings is 1. The normalized spacial score (nSPS) is 21.4. The molecule has 3 aromatic rings. The fourth-order valence-corrected chi connectivity index (χ4v) is 4.14. The van der Waals surface area contributed by atoms with Gasteiger partial charge in [0.2, 0.25) is 0 Å². The lowest BCUT2D eigenvalue weighted by Crippen LogP contribution is -2.52. The standard InChI is InChI=1S/C17H11N3O3S/c21-15-10(12-3-4-13(16(22)23)20(12)15)7-9-1-2-11-14(8-9)19-5-6-24-17(19)18-11/h1-2,4-8,12H,3H2,(H,22,23)/t12-/m1/s1. The number of carbonyl (C=O) groups is 2. The maximum Gasteiger partial charge on any atom is 0.352 e.